The van der Waals surface area contributed by atoms with Gasteiger partial charge < -0.3 is 4.74 Å². The molecule has 4 heteroatoms. The van der Waals surface area contributed by atoms with E-state index in [1.807, 2.05) is 0 Å². The zero-order valence-corrected chi connectivity index (χ0v) is 9.26. The Kier molecular flexibility index (Phi) is 3.25. The summed E-state index contributed by atoms with van der Waals surface area (Å²) in [6.45, 7) is 0.518. The monoisotopic (exact) mass is 240 g/mol. The lowest BCUT2D eigenvalue weighted by Gasteiger charge is -2.14. The zero-order chi connectivity index (χ0) is 11.5. The fourth-order valence-electron chi connectivity index (χ4n) is 1.53. The van der Waals surface area contributed by atoms with E-state index in [-0.39, 0.29) is 22.1 Å². The van der Waals surface area contributed by atoms with Crippen molar-refractivity contribution >= 4 is 17.4 Å². The van der Waals surface area contributed by atoms with E-state index in [4.69, 9.17) is 16.3 Å². The van der Waals surface area contributed by atoms with Crippen LogP contribution in [0.2, 0.25) is 5.02 Å². The maximum atomic E-state index is 13.2. The summed E-state index contributed by atoms with van der Waals surface area (Å²) < 4.78 is 18.4. The molecule has 1 aliphatic rings. The molecule has 2 rings (SSSR count). The van der Waals surface area contributed by atoms with Crippen LogP contribution in [0.5, 0.6) is 0 Å². The van der Waals surface area contributed by atoms with Crippen molar-refractivity contribution in [2.75, 3.05) is 6.61 Å². The Morgan fingerprint density at radius 2 is 2.25 bits per heavy atom. The SMILES string of the molecule is O=C(C1=CCCCO1)c1cccc(F)c1Cl. The average Bonchev–Trinajstić information content (AvgIpc) is 2.33. The van der Waals surface area contributed by atoms with Gasteiger partial charge in [-0.25, -0.2) is 4.39 Å². The Balaban J connectivity index is 2.33. The number of allylic oxidation sites excluding steroid dienone is 2. The second-order valence-electron chi connectivity index (χ2n) is 3.49. The van der Waals surface area contributed by atoms with E-state index < -0.39 is 5.82 Å². The van der Waals surface area contributed by atoms with Crippen molar-refractivity contribution in [1.29, 1.82) is 0 Å². The molecule has 0 fully saturated rings. The van der Waals surface area contributed by atoms with Gasteiger partial charge in [-0.3, -0.25) is 4.79 Å². The van der Waals surface area contributed by atoms with E-state index in [9.17, 15) is 9.18 Å². The molecule has 84 valence electrons. The zero-order valence-electron chi connectivity index (χ0n) is 8.50. The number of ether oxygens (including phenoxy) is 1. The maximum absolute atomic E-state index is 13.2. The van der Waals surface area contributed by atoms with Gasteiger partial charge in [-0.05, 0) is 31.1 Å². The van der Waals surface area contributed by atoms with Gasteiger partial charge in [0.15, 0.2) is 5.76 Å². The molecule has 2 nitrogen and oxygen atoms in total. The van der Waals surface area contributed by atoms with Gasteiger partial charge in [0.05, 0.1) is 11.6 Å². The third-order valence-corrected chi connectivity index (χ3v) is 2.74. The lowest BCUT2D eigenvalue weighted by atomic mass is 10.1. The Hall–Kier alpha value is -1.35. The van der Waals surface area contributed by atoms with Crippen molar-refractivity contribution in [2.45, 2.75) is 12.8 Å². The van der Waals surface area contributed by atoms with Gasteiger partial charge in [-0.15, -0.1) is 0 Å². The molecule has 0 aliphatic carbocycles. The minimum atomic E-state index is -0.594. The number of ketones is 1. The van der Waals surface area contributed by atoms with Crippen LogP contribution >= 0.6 is 11.6 Å². The summed E-state index contributed by atoms with van der Waals surface area (Å²) >= 11 is 5.73. The Morgan fingerprint density at radius 3 is 2.94 bits per heavy atom. The van der Waals surface area contributed by atoms with E-state index in [0.29, 0.717) is 6.61 Å². The number of rotatable bonds is 2. The van der Waals surface area contributed by atoms with Crippen LogP contribution in [0.15, 0.2) is 30.0 Å². The summed E-state index contributed by atoms with van der Waals surface area (Å²) in [5, 5.41) is -0.150. The summed E-state index contributed by atoms with van der Waals surface area (Å²) in [7, 11) is 0. The Bertz CT molecular complexity index is 454. The molecule has 0 radical (unpaired) electrons. The molecule has 0 saturated carbocycles. The van der Waals surface area contributed by atoms with E-state index in [2.05, 4.69) is 0 Å². The van der Waals surface area contributed by atoms with Crippen LogP contribution in [-0.2, 0) is 4.74 Å². The number of hydrogen-bond donors (Lipinski definition) is 0. The van der Waals surface area contributed by atoms with Gasteiger partial charge in [0.2, 0.25) is 5.78 Å². The van der Waals surface area contributed by atoms with Crippen LogP contribution in [-0.4, -0.2) is 12.4 Å². The van der Waals surface area contributed by atoms with E-state index in [1.165, 1.54) is 18.2 Å². The molecule has 1 aliphatic heterocycles. The predicted octanol–water partition coefficient (Wildman–Crippen LogP) is 3.36. The van der Waals surface area contributed by atoms with Gasteiger partial charge in [-0.2, -0.15) is 0 Å². The molecule has 1 aromatic carbocycles. The summed E-state index contributed by atoms with van der Waals surface area (Å²) in [5.74, 6) is -0.688. The molecular formula is C12H10ClFO2. The molecular weight excluding hydrogens is 231 g/mol. The summed E-state index contributed by atoms with van der Waals surface area (Å²) in [5.41, 5.74) is 0.148. The smallest absolute Gasteiger partial charge is 0.228 e. The molecule has 0 amide bonds. The number of Topliss-reactive ketones (excluding diaryl/α,β-unsaturated/α-hetero) is 1. The highest BCUT2D eigenvalue weighted by Crippen LogP contribution is 2.24. The van der Waals surface area contributed by atoms with Crippen LogP contribution in [0.1, 0.15) is 23.2 Å². The maximum Gasteiger partial charge on any atom is 0.228 e. The second-order valence-corrected chi connectivity index (χ2v) is 3.87. The third-order valence-electron chi connectivity index (χ3n) is 2.36. The third kappa shape index (κ3) is 2.09. The van der Waals surface area contributed by atoms with Crippen LogP contribution in [0, 0.1) is 5.82 Å². The topological polar surface area (TPSA) is 26.3 Å². The van der Waals surface area contributed by atoms with Crippen molar-refractivity contribution in [3.8, 4) is 0 Å². The first-order chi connectivity index (χ1) is 7.70. The normalized spacial score (nSPS) is 15.2. The Morgan fingerprint density at radius 1 is 1.44 bits per heavy atom. The number of benzene rings is 1. The first-order valence-electron chi connectivity index (χ1n) is 5.02. The van der Waals surface area contributed by atoms with E-state index in [1.54, 1.807) is 6.08 Å². The summed E-state index contributed by atoms with van der Waals surface area (Å²) in [6.07, 6.45) is 3.41. The predicted molar refractivity (Wildman–Crippen MR) is 59.0 cm³/mol. The quantitative estimate of drug-likeness (QED) is 0.741. The van der Waals surface area contributed by atoms with Gasteiger partial charge in [0.1, 0.15) is 5.82 Å². The van der Waals surface area contributed by atoms with Crippen LogP contribution in [0.4, 0.5) is 4.39 Å². The molecule has 0 spiro atoms. The minimum Gasteiger partial charge on any atom is -0.490 e. The lowest BCUT2D eigenvalue weighted by molar-refractivity contribution is 0.0899. The molecule has 0 aromatic heterocycles. The number of carbonyl (C=O) groups is 1. The van der Waals surface area contributed by atoms with Crippen LogP contribution < -0.4 is 0 Å². The molecule has 0 N–H and O–H groups in total. The molecule has 16 heavy (non-hydrogen) atoms. The first-order valence-corrected chi connectivity index (χ1v) is 5.39. The van der Waals surface area contributed by atoms with Crippen molar-refractivity contribution in [3.63, 3.8) is 0 Å². The molecule has 1 heterocycles. The molecule has 0 bridgehead atoms. The van der Waals surface area contributed by atoms with Crippen molar-refractivity contribution in [1.82, 2.24) is 0 Å². The number of halogens is 2. The van der Waals surface area contributed by atoms with E-state index in [0.717, 1.165) is 12.8 Å². The number of hydrogen-bond acceptors (Lipinski definition) is 2. The molecule has 1 aromatic rings. The van der Waals surface area contributed by atoms with Gasteiger partial charge in [0.25, 0.3) is 0 Å². The van der Waals surface area contributed by atoms with Crippen LogP contribution in [0.3, 0.4) is 0 Å². The fraction of sp³-hybridized carbons (Fsp3) is 0.250. The van der Waals surface area contributed by atoms with E-state index >= 15 is 0 Å². The second kappa shape index (κ2) is 4.66. The highest BCUT2D eigenvalue weighted by molar-refractivity contribution is 6.35. The largest absolute Gasteiger partial charge is 0.490 e. The summed E-state index contributed by atoms with van der Waals surface area (Å²) in [4.78, 5) is 11.9. The molecule has 0 unspecified atom stereocenters. The molecule has 0 saturated heterocycles. The molecule has 0 atom stereocenters. The number of carbonyl (C=O) groups excluding carboxylic acids is 1. The van der Waals surface area contributed by atoms with Crippen LogP contribution in [0.25, 0.3) is 0 Å². The minimum absolute atomic E-state index is 0.148. The standard InChI is InChI=1S/C12H10ClFO2/c13-11-8(4-3-5-9(11)14)12(15)10-6-1-2-7-16-10/h3-6H,1-2,7H2. The van der Waals surface area contributed by atoms with Crippen molar-refractivity contribution in [2.24, 2.45) is 0 Å². The highest BCUT2D eigenvalue weighted by Gasteiger charge is 2.20. The van der Waals surface area contributed by atoms with Crippen molar-refractivity contribution in [3.05, 3.63) is 46.4 Å². The van der Waals surface area contributed by atoms with Crippen molar-refractivity contribution < 1.29 is 13.9 Å². The van der Waals surface area contributed by atoms with Gasteiger partial charge in [-0.1, -0.05) is 17.7 Å². The highest BCUT2D eigenvalue weighted by atomic mass is 35.5. The summed E-state index contributed by atoms with van der Waals surface area (Å²) in [6, 6.07) is 4.17. The Labute approximate surface area is 97.7 Å². The average molecular weight is 241 g/mol. The first kappa shape index (κ1) is 11.1. The fourth-order valence-corrected chi connectivity index (χ4v) is 1.74. The van der Waals surface area contributed by atoms with Gasteiger partial charge >= 0.3 is 0 Å². The van der Waals surface area contributed by atoms with Gasteiger partial charge in [0, 0.05) is 5.56 Å². The lowest BCUT2D eigenvalue weighted by Crippen LogP contribution is -2.12.